The molecule has 122 valence electrons. The molecule has 0 spiro atoms. The molecule has 2 N–H and O–H groups in total. The van der Waals surface area contributed by atoms with Gasteiger partial charge in [0.05, 0.1) is 0 Å². The average molecular weight is 370 g/mol. The topological polar surface area (TPSA) is 92.3 Å². The molecule has 23 heavy (non-hydrogen) atoms. The summed E-state index contributed by atoms with van der Waals surface area (Å²) >= 11 is 1.42. The number of fused-ring (bicyclic) bond motifs is 3. The Hall–Kier alpha value is -1.52. The highest BCUT2D eigenvalue weighted by Gasteiger charge is 2.29. The molecule has 0 unspecified atom stereocenters. The first-order chi connectivity index (χ1) is 10.8. The van der Waals surface area contributed by atoms with Gasteiger partial charge in [0.25, 0.3) is 0 Å². The second kappa shape index (κ2) is 5.53. The molecule has 9 heteroatoms. The molecule has 0 radical (unpaired) electrons. The first-order valence-electron chi connectivity index (χ1n) is 6.63. The molecule has 0 aliphatic heterocycles. The van der Waals surface area contributed by atoms with Gasteiger partial charge in [0.2, 0.25) is 20.0 Å². The number of nitrogens with one attached hydrogen (secondary N) is 2. The van der Waals surface area contributed by atoms with Gasteiger partial charge in [-0.2, -0.15) is 0 Å². The zero-order chi connectivity index (χ0) is 16.8. The Bertz CT molecular complexity index is 1120. The molecular weight excluding hydrogens is 356 g/mol. The van der Waals surface area contributed by atoms with E-state index in [2.05, 4.69) is 9.44 Å². The third-order valence-corrected chi connectivity index (χ3v) is 7.78. The van der Waals surface area contributed by atoms with Gasteiger partial charge in [0.15, 0.2) is 0 Å². The Balaban J connectivity index is 2.62. The molecule has 0 saturated heterocycles. The molecular formula is C14H14N2O4S3. The predicted molar refractivity (Wildman–Crippen MR) is 91.8 cm³/mol. The van der Waals surface area contributed by atoms with E-state index in [9.17, 15) is 16.8 Å². The summed E-state index contributed by atoms with van der Waals surface area (Å²) < 4.78 is 55.7. The van der Waals surface area contributed by atoms with E-state index in [1.807, 2.05) is 12.1 Å². The summed E-state index contributed by atoms with van der Waals surface area (Å²) in [7, 11) is -5.38. The van der Waals surface area contributed by atoms with Gasteiger partial charge in [-0.25, -0.2) is 26.3 Å². The van der Waals surface area contributed by atoms with Crippen LogP contribution in [0.15, 0.2) is 46.2 Å². The van der Waals surface area contributed by atoms with E-state index >= 15 is 0 Å². The summed E-state index contributed by atoms with van der Waals surface area (Å²) in [5.74, 6) is 0. The van der Waals surface area contributed by atoms with Gasteiger partial charge in [-0.15, -0.1) is 11.3 Å². The lowest BCUT2D eigenvalue weighted by Crippen LogP contribution is -2.25. The molecule has 3 rings (SSSR count). The summed E-state index contributed by atoms with van der Waals surface area (Å²) in [5.41, 5.74) is 0. The van der Waals surface area contributed by atoms with E-state index in [0.29, 0.717) is 5.39 Å². The van der Waals surface area contributed by atoms with Gasteiger partial charge in [0, 0.05) is 20.2 Å². The van der Waals surface area contributed by atoms with Crippen molar-refractivity contribution in [3.63, 3.8) is 0 Å². The summed E-state index contributed by atoms with van der Waals surface area (Å²) in [4.78, 5) is -0.477. The van der Waals surface area contributed by atoms with Crippen molar-refractivity contribution < 1.29 is 16.8 Å². The van der Waals surface area contributed by atoms with E-state index in [-0.39, 0.29) is 9.79 Å². The highest BCUT2D eigenvalue weighted by atomic mass is 32.2. The maximum absolute atomic E-state index is 12.5. The lowest BCUT2D eigenvalue weighted by atomic mass is 10.1. The second-order valence-corrected chi connectivity index (χ2v) is 9.54. The average Bonchev–Trinajstić information content (AvgIpc) is 2.92. The fourth-order valence-corrected chi connectivity index (χ4v) is 6.13. The lowest BCUT2D eigenvalue weighted by Gasteiger charge is -2.11. The van der Waals surface area contributed by atoms with Crippen LogP contribution in [0, 0.1) is 0 Å². The number of sulfonamides is 2. The summed E-state index contributed by atoms with van der Waals surface area (Å²) in [6, 6.07) is 10.3. The van der Waals surface area contributed by atoms with Crippen molar-refractivity contribution in [1.29, 1.82) is 0 Å². The van der Waals surface area contributed by atoms with Gasteiger partial charge < -0.3 is 0 Å². The van der Waals surface area contributed by atoms with E-state index < -0.39 is 20.0 Å². The first kappa shape index (κ1) is 16.3. The Kier molecular flexibility index (Phi) is 3.93. The van der Waals surface area contributed by atoms with Crippen molar-refractivity contribution in [2.45, 2.75) is 9.79 Å². The smallest absolute Gasteiger partial charge is 0.214 e. The highest BCUT2D eigenvalue weighted by Crippen LogP contribution is 2.40. The van der Waals surface area contributed by atoms with Crippen LogP contribution in [0.5, 0.6) is 0 Å². The minimum atomic E-state index is -3.97. The molecule has 0 atom stereocenters. The number of rotatable bonds is 4. The number of hydrogen-bond acceptors (Lipinski definition) is 5. The molecule has 0 aliphatic carbocycles. The molecule has 0 bridgehead atoms. The van der Waals surface area contributed by atoms with Crippen LogP contribution in [0.3, 0.4) is 0 Å². The lowest BCUT2D eigenvalue weighted by molar-refractivity contribution is 0.575. The van der Waals surface area contributed by atoms with Gasteiger partial charge in [-0.3, -0.25) is 0 Å². The third kappa shape index (κ3) is 2.54. The quantitative estimate of drug-likeness (QED) is 0.733. The monoisotopic (exact) mass is 370 g/mol. The normalized spacial score (nSPS) is 13.0. The zero-order valence-corrected chi connectivity index (χ0v) is 14.8. The standard InChI is InChI=1S/C14H14N2O4S3/c1-15-22(17,18)12-8-7-11-13(14(12)23(19,20)16-2)9-5-3-4-6-10(9)21-11/h3-8,15-16H,1-2H3. The van der Waals surface area contributed by atoms with Crippen molar-refractivity contribution in [3.05, 3.63) is 36.4 Å². The van der Waals surface area contributed by atoms with Crippen LogP contribution < -0.4 is 9.44 Å². The van der Waals surface area contributed by atoms with Crippen LogP contribution in [0.4, 0.5) is 0 Å². The summed E-state index contributed by atoms with van der Waals surface area (Å²) in [6.45, 7) is 0. The Morgan fingerprint density at radius 1 is 0.826 bits per heavy atom. The maximum atomic E-state index is 12.5. The van der Waals surface area contributed by atoms with E-state index in [4.69, 9.17) is 0 Å². The number of benzene rings is 2. The van der Waals surface area contributed by atoms with Gasteiger partial charge in [-0.1, -0.05) is 18.2 Å². The van der Waals surface area contributed by atoms with Crippen molar-refractivity contribution in [1.82, 2.24) is 9.44 Å². The van der Waals surface area contributed by atoms with Crippen molar-refractivity contribution >= 4 is 51.6 Å². The molecule has 0 aliphatic rings. The van der Waals surface area contributed by atoms with Gasteiger partial charge >= 0.3 is 0 Å². The maximum Gasteiger partial charge on any atom is 0.242 e. The molecule has 0 fully saturated rings. The Morgan fingerprint density at radius 2 is 1.48 bits per heavy atom. The number of hydrogen-bond donors (Lipinski definition) is 2. The molecule has 0 amide bonds. The SMILES string of the molecule is CNS(=O)(=O)c1ccc2sc3ccccc3c2c1S(=O)(=O)NC. The van der Waals surface area contributed by atoms with Gasteiger partial charge in [-0.05, 0) is 32.3 Å². The van der Waals surface area contributed by atoms with Crippen LogP contribution in [0.2, 0.25) is 0 Å². The minimum absolute atomic E-state index is 0.218. The fourth-order valence-electron chi connectivity index (χ4n) is 2.46. The molecule has 6 nitrogen and oxygen atoms in total. The highest BCUT2D eigenvalue weighted by molar-refractivity contribution is 7.92. The second-order valence-electron chi connectivity index (χ2n) is 4.78. The van der Waals surface area contributed by atoms with Crippen molar-refractivity contribution in [2.75, 3.05) is 14.1 Å². The summed E-state index contributed by atoms with van der Waals surface area (Å²) in [6.07, 6.45) is 0. The van der Waals surface area contributed by atoms with Gasteiger partial charge in [0.1, 0.15) is 9.79 Å². The molecule has 2 aromatic carbocycles. The number of thiophene rings is 1. The molecule has 3 aromatic rings. The van der Waals surface area contributed by atoms with E-state index in [1.54, 1.807) is 18.2 Å². The van der Waals surface area contributed by atoms with E-state index in [1.165, 1.54) is 31.5 Å². The molecule has 1 aromatic heterocycles. The minimum Gasteiger partial charge on any atom is -0.214 e. The predicted octanol–water partition coefficient (Wildman–Crippen LogP) is 1.87. The first-order valence-corrected chi connectivity index (χ1v) is 10.4. The van der Waals surface area contributed by atoms with Crippen molar-refractivity contribution in [2.24, 2.45) is 0 Å². The zero-order valence-electron chi connectivity index (χ0n) is 12.3. The summed E-state index contributed by atoms with van der Waals surface area (Å²) in [5, 5.41) is 1.14. The van der Waals surface area contributed by atoms with Crippen LogP contribution in [0.1, 0.15) is 0 Å². The Morgan fingerprint density at radius 3 is 2.13 bits per heavy atom. The third-order valence-electron chi connectivity index (χ3n) is 3.56. The Labute approximate surface area is 138 Å². The fraction of sp³-hybridized carbons (Fsp3) is 0.143. The van der Waals surface area contributed by atoms with Crippen LogP contribution in [-0.2, 0) is 20.0 Å². The van der Waals surface area contributed by atoms with Crippen molar-refractivity contribution in [3.8, 4) is 0 Å². The van der Waals surface area contributed by atoms with E-state index in [0.717, 1.165) is 14.8 Å². The molecule has 1 heterocycles. The van der Waals surface area contributed by atoms with Crippen LogP contribution >= 0.6 is 11.3 Å². The largest absolute Gasteiger partial charge is 0.242 e. The van der Waals surface area contributed by atoms with Crippen LogP contribution in [0.25, 0.3) is 20.2 Å². The van der Waals surface area contributed by atoms with Crippen LogP contribution in [-0.4, -0.2) is 30.9 Å². The molecule has 0 saturated carbocycles.